The third kappa shape index (κ3) is 1.91. The fourth-order valence-corrected chi connectivity index (χ4v) is 1.43. The van der Waals surface area contributed by atoms with E-state index in [1.807, 2.05) is 0 Å². The summed E-state index contributed by atoms with van der Waals surface area (Å²) in [5.41, 5.74) is 3.89. The summed E-state index contributed by atoms with van der Waals surface area (Å²) in [6.07, 6.45) is -1.76. The lowest BCUT2D eigenvalue weighted by Crippen LogP contribution is -2.24. The van der Waals surface area contributed by atoms with E-state index in [1.165, 1.54) is 0 Å². The molecule has 1 aliphatic carbocycles. The van der Waals surface area contributed by atoms with Crippen LogP contribution in [-0.4, -0.2) is 12.7 Å². The lowest BCUT2D eigenvalue weighted by atomic mass is 9.98. The number of nitrogens with two attached hydrogens (primary N) is 1. The van der Waals surface area contributed by atoms with Gasteiger partial charge in [-0.05, 0) is 32.2 Å². The van der Waals surface area contributed by atoms with Crippen molar-refractivity contribution in [3.63, 3.8) is 0 Å². The zero-order chi connectivity index (χ0) is 9.24. The average molecular weight is 181 g/mol. The molecule has 12 heavy (non-hydrogen) atoms. The summed E-state index contributed by atoms with van der Waals surface area (Å²) < 4.78 is 36.9. The average Bonchev–Trinajstić information content (AvgIpc) is 2.67. The van der Waals surface area contributed by atoms with E-state index in [0.717, 1.165) is 0 Å². The zero-order valence-electron chi connectivity index (χ0n) is 6.95. The third-order valence-corrected chi connectivity index (χ3v) is 2.56. The standard InChI is InChI=1S/C8H14F3N/c9-8(10,11)7(4-5-7)3-1-2-6-12/h1-6,12H2. The minimum atomic E-state index is -3.98. The number of unbranched alkanes of at least 4 members (excludes halogenated alkanes) is 1. The molecule has 0 spiro atoms. The van der Waals surface area contributed by atoms with Gasteiger partial charge in [0.05, 0.1) is 5.41 Å². The molecule has 0 atom stereocenters. The van der Waals surface area contributed by atoms with E-state index < -0.39 is 11.6 Å². The highest BCUT2D eigenvalue weighted by Gasteiger charge is 2.62. The predicted molar refractivity (Wildman–Crippen MR) is 40.6 cm³/mol. The maximum Gasteiger partial charge on any atom is 0.394 e. The molecule has 1 nitrogen and oxygen atoms in total. The Morgan fingerprint density at radius 2 is 1.75 bits per heavy atom. The van der Waals surface area contributed by atoms with Gasteiger partial charge >= 0.3 is 6.18 Å². The summed E-state index contributed by atoms with van der Waals surface area (Å²) >= 11 is 0. The van der Waals surface area contributed by atoms with Gasteiger partial charge in [0.15, 0.2) is 0 Å². The van der Waals surface area contributed by atoms with Crippen LogP contribution in [0.25, 0.3) is 0 Å². The van der Waals surface area contributed by atoms with Crippen LogP contribution in [0.1, 0.15) is 32.1 Å². The van der Waals surface area contributed by atoms with Gasteiger partial charge in [-0.25, -0.2) is 0 Å². The first-order valence-corrected chi connectivity index (χ1v) is 4.29. The van der Waals surface area contributed by atoms with Crippen LogP contribution in [0.15, 0.2) is 0 Å². The van der Waals surface area contributed by atoms with Gasteiger partial charge in [0, 0.05) is 0 Å². The van der Waals surface area contributed by atoms with Gasteiger partial charge < -0.3 is 5.73 Å². The summed E-state index contributed by atoms with van der Waals surface area (Å²) in [6.45, 7) is 0.494. The number of halogens is 3. The van der Waals surface area contributed by atoms with Crippen molar-refractivity contribution in [2.75, 3.05) is 6.54 Å². The Bertz CT molecular complexity index is 149. The molecule has 1 rings (SSSR count). The second-order valence-corrected chi connectivity index (χ2v) is 3.52. The molecule has 4 heteroatoms. The first kappa shape index (κ1) is 9.84. The molecule has 0 radical (unpaired) electrons. The monoisotopic (exact) mass is 181 g/mol. The summed E-state index contributed by atoms with van der Waals surface area (Å²) in [5.74, 6) is 0. The van der Waals surface area contributed by atoms with Crippen LogP contribution in [0.4, 0.5) is 13.2 Å². The maximum absolute atomic E-state index is 12.3. The Morgan fingerprint density at radius 3 is 2.08 bits per heavy atom. The molecule has 0 unspecified atom stereocenters. The first-order chi connectivity index (χ1) is 5.52. The molecule has 0 aromatic heterocycles. The Hall–Kier alpha value is -0.250. The van der Waals surface area contributed by atoms with Crippen molar-refractivity contribution in [3.05, 3.63) is 0 Å². The molecule has 0 aliphatic heterocycles. The van der Waals surface area contributed by atoms with E-state index in [1.54, 1.807) is 0 Å². The fraction of sp³-hybridized carbons (Fsp3) is 1.00. The van der Waals surface area contributed by atoms with E-state index in [4.69, 9.17) is 5.73 Å². The first-order valence-electron chi connectivity index (χ1n) is 4.29. The van der Waals surface area contributed by atoms with E-state index in [0.29, 0.717) is 32.2 Å². The van der Waals surface area contributed by atoms with Gasteiger partial charge in [0.25, 0.3) is 0 Å². The van der Waals surface area contributed by atoms with E-state index in [-0.39, 0.29) is 6.42 Å². The molecule has 0 heterocycles. The normalized spacial score (nSPS) is 21.0. The Balaban J connectivity index is 2.30. The Morgan fingerprint density at radius 1 is 1.17 bits per heavy atom. The van der Waals surface area contributed by atoms with Crippen molar-refractivity contribution in [2.45, 2.75) is 38.3 Å². The predicted octanol–water partition coefficient (Wildman–Crippen LogP) is 2.46. The zero-order valence-corrected chi connectivity index (χ0v) is 6.95. The Labute approximate surface area is 70.1 Å². The van der Waals surface area contributed by atoms with Gasteiger partial charge in [-0.1, -0.05) is 6.42 Å². The van der Waals surface area contributed by atoms with Crippen molar-refractivity contribution in [1.82, 2.24) is 0 Å². The summed E-state index contributed by atoms with van der Waals surface area (Å²) in [7, 11) is 0. The molecule has 72 valence electrons. The molecule has 2 N–H and O–H groups in total. The van der Waals surface area contributed by atoms with Gasteiger partial charge in [-0.2, -0.15) is 13.2 Å². The molecule has 0 bridgehead atoms. The summed E-state index contributed by atoms with van der Waals surface area (Å²) in [5, 5.41) is 0. The molecule has 1 fully saturated rings. The quantitative estimate of drug-likeness (QED) is 0.662. The highest BCUT2D eigenvalue weighted by atomic mass is 19.4. The molecule has 1 saturated carbocycles. The van der Waals surface area contributed by atoms with Gasteiger partial charge in [0.1, 0.15) is 0 Å². The van der Waals surface area contributed by atoms with Crippen LogP contribution >= 0.6 is 0 Å². The third-order valence-electron chi connectivity index (χ3n) is 2.56. The van der Waals surface area contributed by atoms with E-state index in [9.17, 15) is 13.2 Å². The van der Waals surface area contributed by atoms with Crippen LogP contribution in [0.3, 0.4) is 0 Å². The second kappa shape index (κ2) is 3.24. The van der Waals surface area contributed by atoms with Crippen LogP contribution in [0.2, 0.25) is 0 Å². The van der Waals surface area contributed by atoms with E-state index >= 15 is 0 Å². The van der Waals surface area contributed by atoms with Crippen LogP contribution in [-0.2, 0) is 0 Å². The highest BCUT2D eigenvalue weighted by Crippen LogP contribution is 2.60. The number of alkyl halides is 3. The summed E-state index contributed by atoms with van der Waals surface area (Å²) in [6, 6.07) is 0. The van der Waals surface area contributed by atoms with Gasteiger partial charge in [-0.3, -0.25) is 0 Å². The highest BCUT2D eigenvalue weighted by molar-refractivity contribution is 4.98. The molecule has 0 amide bonds. The fourth-order valence-electron chi connectivity index (χ4n) is 1.43. The minimum absolute atomic E-state index is 0.272. The van der Waals surface area contributed by atoms with E-state index in [2.05, 4.69) is 0 Å². The summed E-state index contributed by atoms with van der Waals surface area (Å²) in [4.78, 5) is 0. The molecule has 0 aromatic carbocycles. The topological polar surface area (TPSA) is 26.0 Å². The number of hydrogen-bond donors (Lipinski definition) is 1. The SMILES string of the molecule is NCCCCC1(C(F)(F)F)CC1. The molecular weight excluding hydrogens is 167 g/mol. The smallest absolute Gasteiger partial charge is 0.330 e. The molecule has 0 aromatic rings. The van der Waals surface area contributed by atoms with Crippen LogP contribution in [0, 0.1) is 5.41 Å². The Kier molecular flexibility index (Phi) is 2.66. The van der Waals surface area contributed by atoms with Crippen molar-refractivity contribution >= 4 is 0 Å². The van der Waals surface area contributed by atoms with Gasteiger partial charge in [0.2, 0.25) is 0 Å². The molecule has 0 saturated heterocycles. The molecule has 1 aliphatic rings. The van der Waals surface area contributed by atoms with Gasteiger partial charge in [-0.15, -0.1) is 0 Å². The van der Waals surface area contributed by atoms with Crippen molar-refractivity contribution in [3.8, 4) is 0 Å². The second-order valence-electron chi connectivity index (χ2n) is 3.52. The minimum Gasteiger partial charge on any atom is -0.330 e. The number of hydrogen-bond acceptors (Lipinski definition) is 1. The van der Waals surface area contributed by atoms with Crippen LogP contribution in [0.5, 0.6) is 0 Å². The lowest BCUT2D eigenvalue weighted by molar-refractivity contribution is -0.189. The maximum atomic E-state index is 12.3. The number of rotatable bonds is 4. The van der Waals surface area contributed by atoms with Crippen LogP contribution < -0.4 is 5.73 Å². The molecular formula is C8H14F3N. The van der Waals surface area contributed by atoms with Crippen molar-refractivity contribution in [1.29, 1.82) is 0 Å². The lowest BCUT2D eigenvalue weighted by Gasteiger charge is -2.18. The van der Waals surface area contributed by atoms with Crippen molar-refractivity contribution < 1.29 is 13.2 Å². The largest absolute Gasteiger partial charge is 0.394 e. The van der Waals surface area contributed by atoms with Crippen molar-refractivity contribution in [2.24, 2.45) is 11.1 Å².